The number of rotatable bonds is 7. The lowest BCUT2D eigenvalue weighted by Gasteiger charge is -2.20. The molecule has 0 atom stereocenters. The van der Waals surface area contributed by atoms with Crippen LogP contribution in [0, 0.1) is 20.8 Å². The van der Waals surface area contributed by atoms with Crippen LogP contribution in [0.1, 0.15) is 21.6 Å². The number of aryl methyl sites for hydroxylation is 3. The fourth-order valence-corrected chi connectivity index (χ4v) is 4.31. The third-order valence-electron chi connectivity index (χ3n) is 3.70. The second-order valence-electron chi connectivity index (χ2n) is 5.99. The molecule has 3 nitrogen and oxygen atoms in total. The summed E-state index contributed by atoms with van der Waals surface area (Å²) in [6.45, 7) is 11.7. The maximum absolute atomic E-state index is 12.5. The van der Waals surface area contributed by atoms with Gasteiger partial charge in [-0.2, -0.15) is 0 Å². The van der Waals surface area contributed by atoms with Gasteiger partial charge in [-0.15, -0.1) is 17.9 Å². The Labute approximate surface area is 156 Å². The van der Waals surface area contributed by atoms with Gasteiger partial charge in [-0.05, 0) is 60.0 Å². The highest BCUT2D eigenvalue weighted by Crippen LogP contribution is 2.24. The lowest BCUT2D eigenvalue weighted by molar-refractivity contribution is -0.117. The molecule has 0 aliphatic carbocycles. The first-order valence-corrected chi connectivity index (χ1v) is 9.45. The molecule has 0 radical (unpaired) electrons. The predicted molar refractivity (Wildman–Crippen MR) is 107 cm³/mol. The lowest BCUT2D eigenvalue weighted by atomic mass is 10.1. The lowest BCUT2D eigenvalue weighted by Crippen LogP contribution is -2.33. The molecular formula is C19H23BrN2OS. The van der Waals surface area contributed by atoms with E-state index in [1.807, 2.05) is 26.0 Å². The highest BCUT2D eigenvalue weighted by Gasteiger charge is 2.13. The minimum absolute atomic E-state index is 0.00234. The van der Waals surface area contributed by atoms with Crippen LogP contribution in [-0.2, 0) is 11.3 Å². The summed E-state index contributed by atoms with van der Waals surface area (Å²) in [6.07, 6.45) is 1.83. The average molecular weight is 407 g/mol. The molecule has 0 fully saturated rings. The molecular weight excluding hydrogens is 384 g/mol. The van der Waals surface area contributed by atoms with Crippen LogP contribution in [-0.4, -0.2) is 23.9 Å². The number of hydrogen-bond donors (Lipinski definition) is 1. The SMILES string of the molecule is C=CCN(CC(=O)Nc1c(C)cc(C)cc1C)Cc1ccc(Br)s1. The van der Waals surface area contributed by atoms with Gasteiger partial charge >= 0.3 is 0 Å². The second-order valence-corrected chi connectivity index (χ2v) is 8.53. The topological polar surface area (TPSA) is 32.3 Å². The Morgan fingerprint density at radius 1 is 1.29 bits per heavy atom. The largest absolute Gasteiger partial charge is 0.324 e. The van der Waals surface area contributed by atoms with Crippen LogP contribution in [0.3, 0.4) is 0 Å². The monoisotopic (exact) mass is 406 g/mol. The summed E-state index contributed by atoms with van der Waals surface area (Å²) in [4.78, 5) is 15.8. The Hall–Kier alpha value is -1.43. The van der Waals surface area contributed by atoms with Gasteiger partial charge in [0.15, 0.2) is 0 Å². The first kappa shape index (κ1) is 18.9. The van der Waals surface area contributed by atoms with Crippen molar-refractivity contribution in [2.75, 3.05) is 18.4 Å². The molecule has 0 saturated carbocycles. The maximum atomic E-state index is 12.5. The number of carbonyl (C=O) groups is 1. The van der Waals surface area contributed by atoms with Gasteiger partial charge in [-0.25, -0.2) is 0 Å². The minimum atomic E-state index is 0.00234. The fraction of sp³-hybridized carbons (Fsp3) is 0.316. The molecule has 128 valence electrons. The van der Waals surface area contributed by atoms with E-state index in [1.54, 1.807) is 11.3 Å². The summed E-state index contributed by atoms with van der Waals surface area (Å²) in [5, 5.41) is 3.06. The molecule has 24 heavy (non-hydrogen) atoms. The van der Waals surface area contributed by atoms with Gasteiger partial charge < -0.3 is 5.32 Å². The van der Waals surface area contributed by atoms with Crippen molar-refractivity contribution in [3.63, 3.8) is 0 Å². The van der Waals surface area contributed by atoms with E-state index in [0.717, 1.165) is 27.1 Å². The zero-order valence-corrected chi connectivity index (χ0v) is 16.8. The van der Waals surface area contributed by atoms with Crippen LogP contribution in [0.4, 0.5) is 5.69 Å². The number of nitrogens with zero attached hydrogens (tertiary/aromatic N) is 1. The third kappa shape index (κ3) is 5.30. The average Bonchev–Trinajstić information content (AvgIpc) is 2.88. The van der Waals surface area contributed by atoms with Gasteiger partial charge in [-0.1, -0.05) is 23.8 Å². The molecule has 1 heterocycles. The summed E-state index contributed by atoms with van der Waals surface area (Å²) in [5.74, 6) is 0.00234. The van der Waals surface area contributed by atoms with Crippen molar-refractivity contribution in [2.45, 2.75) is 27.3 Å². The molecule has 0 bridgehead atoms. The van der Waals surface area contributed by atoms with Crippen molar-refractivity contribution in [1.29, 1.82) is 0 Å². The molecule has 2 aromatic rings. The Morgan fingerprint density at radius 3 is 2.50 bits per heavy atom. The summed E-state index contributed by atoms with van der Waals surface area (Å²) >= 11 is 5.17. The van der Waals surface area contributed by atoms with Crippen LogP contribution in [0.25, 0.3) is 0 Å². The molecule has 5 heteroatoms. The van der Waals surface area contributed by atoms with Gasteiger partial charge in [-0.3, -0.25) is 9.69 Å². The van der Waals surface area contributed by atoms with Crippen LogP contribution >= 0.6 is 27.3 Å². The number of carbonyl (C=O) groups excluding carboxylic acids is 1. The second kappa shape index (κ2) is 8.60. The van der Waals surface area contributed by atoms with Gasteiger partial charge in [0.25, 0.3) is 0 Å². The van der Waals surface area contributed by atoms with E-state index < -0.39 is 0 Å². The van der Waals surface area contributed by atoms with E-state index in [4.69, 9.17) is 0 Å². The first-order chi connectivity index (χ1) is 11.4. The summed E-state index contributed by atoms with van der Waals surface area (Å²) < 4.78 is 1.10. The van der Waals surface area contributed by atoms with Crippen molar-refractivity contribution in [2.24, 2.45) is 0 Å². The van der Waals surface area contributed by atoms with Crippen molar-refractivity contribution < 1.29 is 4.79 Å². The van der Waals surface area contributed by atoms with Gasteiger partial charge in [0.2, 0.25) is 5.91 Å². The van der Waals surface area contributed by atoms with Gasteiger partial charge in [0, 0.05) is 23.7 Å². The number of thiophene rings is 1. The van der Waals surface area contributed by atoms with Crippen LogP contribution in [0.5, 0.6) is 0 Å². The van der Waals surface area contributed by atoms with Gasteiger partial charge in [0.05, 0.1) is 10.3 Å². The van der Waals surface area contributed by atoms with Gasteiger partial charge in [0.1, 0.15) is 0 Å². The number of halogens is 1. The molecule has 0 spiro atoms. The fourth-order valence-electron chi connectivity index (χ4n) is 2.78. The molecule has 0 aliphatic heterocycles. The third-order valence-corrected chi connectivity index (χ3v) is 5.31. The molecule has 1 aromatic heterocycles. The Balaban J connectivity index is 2.04. The van der Waals surface area contributed by atoms with Crippen molar-refractivity contribution in [3.05, 3.63) is 62.3 Å². The smallest absolute Gasteiger partial charge is 0.238 e. The molecule has 1 amide bonds. The van der Waals surface area contributed by atoms with Crippen molar-refractivity contribution in [3.8, 4) is 0 Å². The van der Waals surface area contributed by atoms with E-state index in [1.165, 1.54) is 10.4 Å². The maximum Gasteiger partial charge on any atom is 0.238 e. The highest BCUT2D eigenvalue weighted by molar-refractivity contribution is 9.11. The van der Waals surface area contributed by atoms with E-state index in [0.29, 0.717) is 13.1 Å². The standard InChI is InChI=1S/C19H23BrN2OS/c1-5-8-22(11-16-6-7-17(20)24-16)12-18(23)21-19-14(3)9-13(2)10-15(19)4/h5-7,9-10H,1,8,11-12H2,2-4H3,(H,21,23). The van der Waals surface area contributed by atoms with E-state index in [2.05, 4.69) is 57.8 Å². The number of amides is 1. The van der Waals surface area contributed by atoms with Crippen LogP contribution in [0.2, 0.25) is 0 Å². The Kier molecular flexibility index (Phi) is 6.78. The zero-order valence-electron chi connectivity index (χ0n) is 14.4. The first-order valence-electron chi connectivity index (χ1n) is 7.84. The van der Waals surface area contributed by atoms with E-state index in [9.17, 15) is 4.79 Å². The molecule has 1 aromatic carbocycles. The van der Waals surface area contributed by atoms with Crippen molar-refractivity contribution in [1.82, 2.24) is 4.90 Å². The molecule has 0 saturated heterocycles. The molecule has 2 rings (SSSR count). The summed E-state index contributed by atoms with van der Waals surface area (Å²) in [6, 6.07) is 8.29. The molecule has 0 aliphatic rings. The van der Waals surface area contributed by atoms with E-state index >= 15 is 0 Å². The van der Waals surface area contributed by atoms with E-state index in [-0.39, 0.29) is 5.91 Å². The highest BCUT2D eigenvalue weighted by atomic mass is 79.9. The molecule has 1 N–H and O–H groups in total. The number of anilines is 1. The Bertz CT molecular complexity index is 716. The summed E-state index contributed by atoms with van der Waals surface area (Å²) in [5.41, 5.74) is 4.32. The Morgan fingerprint density at radius 2 is 1.96 bits per heavy atom. The summed E-state index contributed by atoms with van der Waals surface area (Å²) in [7, 11) is 0. The zero-order chi connectivity index (χ0) is 17.7. The minimum Gasteiger partial charge on any atom is -0.324 e. The number of benzene rings is 1. The van der Waals surface area contributed by atoms with Crippen LogP contribution < -0.4 is 5.32 Å². The number of hydrogen-bond acceptors (Lipinski definition) is 3. The molecule has 0 unspecified atom stereocenters. The quantitative estimate of drug-likeness (QED) is 0.651. The normalized spacial score (nSPS) is 10.9. The van der Waals surface area contributed by atoms with Crippen molar-refractivity contribution >= 4 is 38.9 Å². The predicted octanol–water partition coefficient (Wildman–Crippen LogP) is 5.06. The number of nitrogens with one attached hydrogen (secondary N) is 1. The van der Waals surface area contributed by atoms with Crippen LogP contribution in [0.15, 0.2) is 40.7 Å².